The molecule has 4 amide bonds. The van der Waals surface area contributed by atoms with Gasteiger partial charge in [0.2, 0.25) is 17.6 Å². The molecule has 1 saturated carbocycles. The van der Waals surface area contributed by atoms with E-state index in [9.17, 15) is 37.5 Å². The summed E-state index contributed by atoms with van der Waals surface area (Å²) in [6, 6.07) is 10.6. The fourth-order valence-electron chi connectivity index (χ4n) is 7.69. The van der Waals surface area contributed by atoms with Crippen LogP contribution < -0.4 is 14.5 Å². The second kappa shape index (κ2) is 11.3. The number of imide groups is 2. The average Bonchev–Trinajstić information content (AvgIpc) is 3.42. The minimum absolute atomic E-state index is 0.0227. The van der Waals surface area contributed by atoms with Crippen molar-refractivity contribution < 1.29 is 51.0 Å². The topological polar surface area (TPSA) is 104 Å². The number of phenols is 1. The molecule has 254 valence electrons. The second-order valence-electron chi connectivity index (χ2n) is 12.1. The maximum atomic E-state index is 15.2. The van der Waals surface area contributed by atoms with Crippen molar-refractivity contribution in [3.05, 3.63) is 93.2 Å². The number of para-hydroxylation sites is 1. The number of hydrogen-bond acceptors (Lipinski definition) is 6. The van der Waals surface area contributed by atoms with E-state index in [0.29, 0.717) is 0 Å². The molecule has 6 atom stereocenters. The van der Waals surface area contributed by atoms with E-state index < -0.39 is 98.2 Å². The van der Waals surface area contributed by atoms with Gasteiger partial charge in [-0.1, -0.05) is 29.8 Å². The Labute approximate surface area is 292 Å². The van der Waals surface area contributed by atoms with Gasteiger partial charge in [0.1, 0.15) is 5.69 Å². The van der Waals surface area contributed by atoms with Crippen LogP contribution in [0.2, 0.25) is 0 Å². The first-order valence-electron chi connectivity index (χ1n) is 14.6. The van der Waals surface area contributed by atoms with Crippen LogP contribution in [0.25, 0.3) is 0 Å². The molecule has 7 rings (SSSR count). The zero-order valence-electron chi connectivity index (χ0n) is 24.7. The minimum Gasteiger partial charge on any atom is -0.503 e. The third-order valence-electron chi connectivity index (χ3n) is 9.84. The number of phenolic OH excluding ortho intramolecular Hbond substituents is 1. The Morgan fingerprint density at radius 2 is 1.47 bits per heavy atom. The highest BCUT2D eigenvalue weighted by atomic mass is 79.9. The lowest BCUT2D eigenvalue weighted by molar-refractivity contribution is -0.125. The molecule has 49 heavy (non-hydrogen) atoms. The van der Waals surface area contributed by atoms with E-state index in [1.54, 1.807) is 36.4 Å². The summed E-state index contributed by atoms with van der Waals surface area (Å²) in [5, 5.41) is 10.6. The van der Waals surface area contributed by atoms with Gasteiger partial charge in [-0.2, -0.15) is 0 Å². The van der Waals surface area contributed by atoms with Gasteiger partial charge < -0.3 is 9.84 Å². The molecule has 16 heteroatoms. The molecule has 0 radical (unpaired) electrons. The fraction of sp³-hybridized carbons (Fsp3) is 0.273. The summed E-state index contributed by atoms with van der Waals surface area (Å²) in [4.78, 5) is 51.8. The summed E-state index contributed by atoms with van der Waals surface area (Å²) in [6.07, 6.45) is 0.905. The molecule has 2 saturated heterocycles. The lowest BCUT2D eigenvalue weighted by atomic mass is 9.56. The molecule has 3 aromatic carbocycles. The Bertz CT molecular complexity index is 2040. The highest BCUT2D eigenvalue weighted by Crippen LogP contribution is 2.66. The standard InChI is InChI=1S/C33H20BrCl2F5N2O6/c1-49-18-10-12(9-17(34)27(18)44)20-14-7-8-15-19(29(46)42(28(15)45)13-5-3-2-4-6-13)16(14)11-32(35)30(47)43(31(48)33(20,32)36)26-24(40)22(38)21(37)23(39)25(26)41/h2-7,9-10,15-16,19-20,44H,8,11H2,1H3/t15-,16+,19-,20-,32+,33-/m0/s1. The molecular formula is C33H20BrCl2F5N2O6. The van der Waals surface area contributed by atoms with Crippen LogP contribution in [0.4, 0.5) is 33.3 Å². The molecule has 1 N–H and O–H groups in total. The predicted octanol–water partition coefficient (Wildman–Crippen LogP) is 6.63. The number of ether oxygens (including phenoxy) is 1. The summed E-state index contributed by atoms with van der Waals surface area (Å²) in [5.74, 6) is -21.9. The molecule has 3 aromatic rings. The Kier molecular flexibility index (Phi) is 7.69. The van der Waals surface area contributed by atoms with Crippen LogP contribution in [0.15, 0.2) is 58.6 Å². The molecule has 2 heterocycles. The molecule has 0 unspecified atom stereocenters. The number of rotatable bonds is 4. The van der Waals surface area contributed by atoms with Crippen LogP contribution in [0.5, 0.6) is 11.5 Å². The first-order valence-corrected chi connectivity index (χ1v) is 16.1. The number of methoxy groups -OCH3 is 1. The zero-order valence-corrected chi connectivity index (χ0v) is 27.8. The van der Waals surface area contributed by atoms with Crippen LogP contribution >= 0.6 is 39.1 Å². The number of benzene rings is 3. The summed E-state index contributed by atoms with van der Waals surface area (Å²) < 4.78 is 78.6. The number of nitrogens with zero attached hydrogens (tertiary/aromatic N) is 2. The van der Waals surface area contributed by atoms with Crippen LogP contribution in [0, 0.1) is 46.8 Å². The van der Waals surface area contributed by atoms with Gasteiger partial charge in [0.25, 0.3) is 11.8 Å². The minimum atomic E-state index is -2.72. The first kappa shape index (κ1) is 33.5. The number of anilines is 2. The second-order valence-corrected chi connectivity index (χ2v) is 14.2. The van der Waals surface area contributed by atoms with Crippen LogP contribution in [-0.2, 0) is 19.2 Å². The molecule has 4 aliphatic rings. The number of fused-ring (bicyclic) bond motifs is 4. The number of hydrogen-bond donors (Lipinski definition) is 1. The van der Waals surface area contributed by atoms with Crippen molar-refractivity contribution in [3.8, 4) is 11.5 Å². The molecule has 2 aliphatic heterocycles. The Hall–Kier alpha value is -4.01. The molecule has 0 spiro atoms. The first-order chi connectivity index (χ1) is 23.1. The van der Waals surface area contributed by atoms with Gasteiger partial charge in [0.05, 0.1) is 29.1 Å². The van der Waals surface area contributed by atoms with Gasteiger partial charge in [0, 0.05) is 5.92 Å². The predicted molar refractivity (Wildman–Crippen MR) is 168 cm³/mol. The monoisotopic (exact) mass is 784 g/mol. The van der Waals surface area contributed by atoms with E-state index in [-0.39, 0.29) is 44.1 Å². The summed E-state index contributed by atoms with van der Waals surface area (Å²) >= 11 is 17.5. The maximum absolute atomic E-state index is 15.2. The maximum Gasteiger partial charge on any atom is 0.258 e. The number of amides is 4. The van der Waals surface area contributed by atoms with Crippen LogP contribution in [0.1, 0.15) is 24.3 Å². The SMILES string of the molecule is COc1cc([C@H]2C3=CC[C@@H]4C(=O)N(c5ccccc5)C(=O)[C@@H]4[C@@H]3C[C@@]3(Cl)C(=O)N(c4c(F)c(F)c(F)c(F)c4F)C(=O)[C@@]23Cl)cc(Br)c1O. The van der Waals surface area contributed by atoms with E-state index in [1.165, 1.54) is 19.2 Å². The normalized spacial score (nSPS) is 29.2. The number of alkyl halides is 2. The van der Waals surface area contributed by atoms with Gasteiger partial charge >= 0.3 is 0 Å². The average molecular weight is 786 g/mol. The largest absolute Gasteiger partial charge is 0.503 e. The Morgan fingerprint density at radius 3 is 2.08 bits per heavy atom. The lowest BCUT2D eigenvalue weighted by Crippen LogP contribution is -2.60. The van der Waals surface area contributed by atoms with Crippen molar-refractivity contribution in [1.29, 1.82) is 0 Å². The smallest absolute Gasteiger partial charge is 0.258 e. The molecule has 8 nitrogen and oxygen atoms in total. The van der Waals surface area contributed by atoms with Crippen molar-refractivity contribution in [2.45, 2.75) is 28.5 Å². The van der Waals surface area contributed by atoms with Crippen LogP contribution in [-0.4, -0.2) is 45.6 Å². The van der Waals surface area contributed by atoms with Gasteiger partial charge in [0.15, 0.2) is 44.5 Å². The molecule has 0 aromatic heterocycles. The Morgan fingerprint density at radius 1 is 0.857 bits per heavy atom. The number of aromatic hydroxyl groups is 1. The quantitative estimate of drug-likeness (QED) is 0.0797. The van der Waals surface area contributed by atoms with Crippen molar-refractivity contribution in [1.82, 2.24) is 0 Å². The number of carbonyl (C=O) groups excluding carboxylic acids is 4. The van der Waals surface area contributed by atoms with Crippen molar-refractivity contribution in [3.63, 3.8) is 0 Å². The van der Waals surface area contributed by atoms with Gasteiger partial charge in [-0.25, -0.2) is 26.9 Å². The summed E-state index contributed by atoms with van der Waals surface area (Å²) in [5.41, 5.74) is -1.28. The highest BCUT2D eigenvalue weighted by molar-refractivity contribution is 9.10. The van der Waals surface area contributed by atoms with Crippen LogP contribution in [0.3, 0.4) is 0 Å². The summed E-state index contributed by atoms with van der Waals surface area (Å²) in [7, 11) is 1.22. The van der Waals surface area contributed by atoms with Crippen molar-refractivity contribution in [2.24, 2.45) is 17.8 Å². The van der Waals surface area contributed by atoms with Gasteiger partial charge in [-0.15, -0.1) is 23.2 Å². The molecule has 3 fully saturated rings. The fourth-order valence-corrected chi connectivity index (χ4v) is 9.08. The van der Waals surface area contributed by atoms with E-state index in [2.05, 4.69) is 15.9 Å². The van der Waals surface area contributed by atoms with Crippen molar-refractivity contribution in [2.75, 3.05) is 16.9 Å². The molecule has 0 bridgehead atoms. The lowest BCUT2D eigenvalue weighted by Gasteiger charge is -2.50. The Balaban J connectivity index is 1.46. The third-order valence-corrected chi connectivity index (χ3v) is 11.9. The number of carbonyl (C=O) groups is 4. The number of halogens is 8. The zero-order chi connectivity index (χ0) is 35.5. The number of allylic oxidation sites excluding steroid dienone is 2. The summed E-state index contributed by atoms with van der Waals surface area (Å²) in [6.45, 7) is 0. The molecule has 2 aliphatic carbocycles. The van der Waals surface area contributed by atoms with E-state index in [0.717, 1.165) is 4.90 Å². The van der Waals surface area contributed by atoms with Gasteiger partial charge in [-0.05, 0) is 64.5 Å². The third kappa shape index (κ3) is 4.26. The van der Waals surface area contributed by atoms with E-state index >= 15 is 8.78 Å². The van der Waals surface area contributed by atoms with E-state index in [4.69, 9.17) is 27.9 Å². The van der Waals surface area contributed by atoms with Crippen molar-refractivity contribution >= 4 is 74.1 Å². The highest BCUT2D eigenvalue weighted by Gasteiger charge is 2.77. The molecular weight excluding hydrogens is 766 g/mol. The van der Waals surface area contributed by atoms with E-state index in [1.807, 2.05) is 0 Å². The van der Waals surface area contributed by atoms with Gasteiger partial charge in [-0.3, -0.25) is 24.1 Å².